The zero-order valence-corrected chi connectivity index (χ0v) is 11.1. The van der Waals surface area contributed by atoms with Gasteiger partial charge in [0.2, 0.25) is 0 Å². The van der Waals surface area contributed by atoms with E-state index in [0.29, 0.717) is 6.10 Å². The number of nitrogens with one attached hydrogen (secondary N) is 2. The van der Waals surface area contributed by atoms with Crippen molar-refractivity contribution in [2.45, 2.75) is 25.9 Å². The molecule has 0 aromatic rings. The number of nitrogens with zero attached hydrogens (tertiary/aromatic N) is 1. The topological polar surface area (TPSA) is 36.5 Å². The molecule has 0 aliphatic carbocycles. The molecule has 2 unspecified atom stereocenters. The minimum absolute atomic E-state index is 0.449. The van der Waals surface area contributed by atoms with Crippen LogP contribution in [0.15, 0.2) is 0 Å². The average Bonchev–Trinajstić information content (AvgIpc) is 2.60. The van der Waals surface area contributed by atoms with Gasteiger partial charge in [-0.1, -0.05) is 0 Å². The van der Waals surface area contributed by atoms with Crippen LogP contribution in [0.5, 0.6) is 0 Å². The van der Waals surface area contributed by atoms with Gasteiger partial charge in [-0.3, -0.25) is 0 Å². The van der Waals surface area contributed by atoms with Gasteiger partial charge in [0.15, 0.2) is 0 Å². The summed E-state index contributed by atoms with van der Waals surface area (Å²) in [5.74, 6) is 0.723. The number of hydrogen-bond donors (Lipinski definition) is 2. The molecular formula is C13H27N3O. The summed E-state index contributed by atoms with van der Waals surface area (Å²) in [6.07, 6.45) is 2.96. The van der Waals surface area contributed by atoms with Crippen molar-refractivity contribution in [3.63, 3.8) is 0 Å². The van der Waals surface area contributed by atoms with Crippen LogP contribution in [0.1, 0.15) is 19.8 Å². The Labute approximate surface area is 105 Å². The van der Waals surface area contributed by atoms with E-state index in [1.165, 1.54) is 39.0 Å². The van der Waals surface area contributed by atoms with Crippen molar-refractivity contribution in [1.82, 2.24) is 15.5 Å². The predicted molar refractivity (Wildman–Crippen MR) is 70.3 cm³/mol. The van der Waals surface area contributed by atoms with Crippen molar-refractivity contribution in [2.24, 2.45) is 5.92 Å². The van der Waals surface area contributed by atoms with Gasteiger partial charge >= 0.3 is 0 Å². The molecule has 0 spiro atoms. The van der Waals surface area contributed by atoms with Crippen LogP contribution in [0.2, 0.25) is 0 Å². The highest BCUT2D eigenvalue weighted by atomic mass is 16.5. The summed E-state index contributed by atoms with van der Waals surface area (Å²) in [6.45, 7) is 11.3. The number of ether oxygens (including phenoxy) is 1. The maximum atomic E-state index is 5.57. The molecule has 0 saturated carbocycles. The maximum Gasteiger partial charge on any atom is 0.0588 e. The van der Waals surface area contributed by atoms with Crippen LogP contribution in [-0.2, 0) is 4.74 Å². The molecule has 17 heavy (non-hydrogen) atoms. The van der Waals surface area contributed by atoms with E-state index in [4.69, 9.17) is 4.74 Å². The third-order valence-corrected chi connectivity index (χ3v) is 3.98. The first-order valence-corrected chi connectivity index (χ1v) is 7.11. The lowest BCUT2D eigenvalue weighted by molar-refractivity contribution is 0.105. The first-order valence-electron chi connectivity index (χ1n) is 7.11. The molecule has 0 aromatic heterocycles. The Bertz CT molecular complexity index is 205. The molecule has 2 saturated heterocycles. The number of rotatable bonds is 5. The van der Waals surface area contributed by atoms with E-state index in [0.717, 1.165) is 32.2 Å². The highest BCUT2D eigenvalue weighted by molar-refractivity contribution is 4.75. The lowest BCUT2D eigenvalue weighted by Crippen LogP contribution is -2.36. The maximum absolute atomic E-state index is 5.57. The van der Waals surface area contributed by atoms with Crippen molar-refractivity contribution in [3.05, 3.63) is 0 Å². The van der Waals surface area contributed by atoms with E-state index < -0.39 is 0 Å². The fourth-order valence-electron chi connectivity index (χ4n) is 2.69. The Morgan fingerprint density at radius 3 is 3.12 bits per heavy atom. The molecule has 2 heterocycles. The second-order valence-electron chi connectivity index (χ2n) is 5.27. The summed E-state index contributed by atoms with van der Waals surface area (Å²) in [5, 5.41) is 7.02. The molecule has 100 valence electrons. The fourth-order valence-corrected chi connectivity index (χ4v) is 2.69. The molecular weight excluding hydrogens is 214 g/mol. The quantitative estimate of drug-likeness (QED) is 0.679. The zero-order chi connectivity index (χ0) is 11.9. The van der Waals surface area contributed by atoms with Crippen molar-refractivity contribution in [3.8, 4) is 0 Å². The van der Waals surface area contributed by atoms with Gasteiger partial charge in [-0.2, -0.15) is 0 Å². The molecule has 0 amide bonds. The smallest absolute Gasteiger partial charge is 0.0588 e. The molecule has 2 aliphatic rings. The van der Waals surface area contributed by atoms with Crippen LogP contribution in [0.3, 0.4) is 0 Å². The lowest BCUT2D eigenvalue weighted by Gasteiger charge is -2.20. The van der Waals surface area contributed by atoms with Crippen LogP contribution in [0.25, 0.3) is 0 Å². The fraction of sp³-hybridized carbons (Fsp3) is 1.00. The van der Waals surface area contributed by atoms with Crippen LogP contribution in [0, 0.1) is 5.92 Å². The van der Waals surface area contributed by atoms with Crippen molar-refractivity contribution in [2.75, 3.05) is 52.4 Å². The molecule has 2 rings (SSSR count). The molecule has 4 nitrogen and oxygen atoms in total. The molecule has 4 heteroatoms. The lowest BCUT2D eigenvalue weighted by atomic mass is 10.0. The minimum atomic E-state index is 0.449. The second-order valence-corrected chi connectivity index (χ2v) is 5.27. The van der Waals surface area contributed by atoms with Crippen molar-refractivity contribution < 1.29 is 4.74 Å². The van der Waals surface area contributed by atoms with Gasteiger partial charge in [-0.05, 0) is 38.8 Å². The van der Waals surface area contributed by atoms with Gasteiger partial charge in [0, 0.05) is 39.3 Å². The summed E-state index contributed by atoms with van der Waals surface area (Å²) < 4.78 is 5.57. The van der Waals surface area contributed by atoms with Crippen molar-refractivity contribution in [1.29, 1.82) is 0 Å². The van der Waals surface area contributed by atoms with Gasteiger partial charge in [-0.25, -0.2) is 0 Å². The van der Waals surface area contributed by atoms with Gasteiger partial charge < -0.3 is 20.3 Å². The third-order valence-electron chi connectivity index (χ3n) is 3.98. The van der Waals surface area contributed by atoms with E-state index in [9.17, 15) is 0 Å². The molecule has 0 bridgehead atoms. The monoisotopic (exact) mass is 241 g/mol. The van der Waals surface area contributed by atoms with Gasteiger partial charge in [-0.15, -0.1) is 0 Å². The SMILES string of the molecule is CC1OCCC1CNCCN1CCCNCC1. The summed E-state index contributed by atoms with van der Waals surface area (Å²) in [5.41, 5.74) is 0. The molecule has 2 atom stereocenters. The van der Waals surface area contributed by atoms with Gasteiger partial charge in [0.1, 0.15) is 0 Å². The van der Waals surface area contributed by atoms with Crippen LogP contribution >= 0.6 is 0 Å². The predicted octanol–water partition coefficient (Wildman–Crippen LogP) is 0.296. The van der Waals surface area contributed by atoms with Crippen LogP contribution < -0.4 is 10.6 Å². The van der Waals surface area contributed by atoms with Crippen molar-refractivity contribution >= 4 is 0 Å². The van der Waals surface area contributed by atoms with E-state index in [1.54, 1.807) is 0 Å². The first kappa shape index (κ1) is 13.3. The van der Waals surface area contributed by atoms with E-state index in [-0.39, 0.29) is 0 Å². The molecule has 2 aliphatic heterocycles. The first-order chi connectivity index (χ1) is 8.36. The minimum Gasteiger partial charge on any atom is -0.378 e. The summed E-state index contributed by atoms with van der Waals surface area (Å²) in [7, 11) is 0. The Hall–Kier alpha value is -0.160. The highest BCUT2D eigenvalue weighted by Crippen LogP contribution is 2.18. The van der Waals surface area contributed by atoms with Crippen LogP contribution in [0.4, 0.5) is 0 Å². The summed E-state index contributed by atoms with van der Waals surface area (Å²) in [4.78, 5) is 2.56. The Balaban J connectivity index is 1.53. The Kier molecular flexibility index (Phi) is 5.71. The third kappa shape index (κ3) is 4.54. The molecule has 0 aromatic carbocycles. The molecule has 2 N–H and O–H groups in total. The van der Waals surface area contributed by atoms with Gasteiger partial charge in [0.05, 0.1) is 6.10 Å². The highest BCUT2D eigenvalue weighted by Gasteiger charge is 2.23. The average molecular weight is 241 g/mol. The Morgan fingerprint density at radius 1 is 1.35 bits per heavy atom. The number of hydrogen-bond acceptors (Lipinski definition) is 4. The van der Waals surface area contributed by atoms with E-state index in [2.05, 4.69) is 22.5 Å². The largest absolute Gasteiger partial charge is 0.378 e. The molecule has 2 fully saturated rings. The summed E-state index contributed by atoms with van der Waals surface area (Å²) >= 11 is 0. The normalized spacial score (nSPS) is 31.6. The van der Waals surface area contributed by atoms with Crippen LogP contribution in [-0.4, -0.2) is 63.4 Å². The summed E-state index contributed by atoms with van der Waals surface area (Å²) in [6, 6.07) is 0. The standard InChI is InChI=1S/C13H27N3O/c1-12-13(3-10-17-12)11-15-6-9-16-7-2-4-14-5-8-16/h12-15H,2-11H2,1H3. The van der Waals surface area contributed by atoms with E-state index >= 15 is 0 Å². The van der Waals surface area contributed by atoms with Gasteiger partial charge in [0.25, 0.3) is 0 Å². The Morgan fingerprint density at radius 2 is 2.29 bits per heavy atom. The van der Waals surface area contributed by atoms with E-state index in [1.807, 2.05) is 0 Å². The zero-order valence-electron chi connectivity index (χ0n) is 11.1. The second kappa shape index (κ2) is 7.31. The molecule has 0 radical (unpaired) electrons.